The molecule has 3 rings (SSSR count). The molecule has 0 radical (unpaired) electrons. The zero-order valence-corrected chi connectivity index (χ0v) is 11.2. The minimum Gasteiger partial charge on any atom is -0.372 e. The van der Waals surface area contributed by atoms with Crippen LogP contribution in [0.15, 0.2) is 42.7 Å². The van der Waals surface area contributed by atoms with Gasteiger partial charge < -0.3 is 5.32 Å². The molecule has 0 atom stereocenters. The molecule has 0 unspecified atom stereocenters. The Hall–Kier alpha value is -3.27. The molecule has 0 fully saturated rings. The third-order valence-corrected chi connectivity index (χ3v) is 3.01. The van der Waals surface area contributed by atoms with E-state index in [0.717, 1.165) is 16.9 Å². The van der Waals surface area contributed by atoms with Gasteiger partial charge in [-0.15, -0.1) is 5.10 Å². The summed E-state index contributed by atoms with van der Waals surface area (Å²) in [5.41, 5.74) is 3.05. The number of nitrogens with one attached hydrogen (secondary N) is 1. The molecule has 0 saturated carbocycles. The molecular formula is C14H11N7. The summed E-state index contributed by atoms with van der Waals surface area (Å²) in [7, 11) is 1.74. The lowest BCUT2D eigenvalue weighted by Gasteiger charge is -2.07. The number of nitriles is 1. The van der Waals surface area contributed by atoms with Crippen molar-refractivity contribution in [1.82, 2.24) is 25.2 Å². The van der Waals surface area contributed by atoms with Crippen LogP contribution in [0.3, 0.4) is 0 Å². The highest BCUT2D eigenvalue weighted by molar-refractivity contribution is 5.66. The number of hydrogen-bond donors (Lipinski definition) is 1. The molecular weight excluding hydrogens is 266 g/mol. The van der Waals surface area contributed by atoms with E-state index >= 15 is 0 Å². The fourth-order valence-corrected chi connectivity index (χ4v) is 1.99. The third kappa shape index (κ3) is 2.42. The smallest absolute Gasteiger partial charge is 0.144 e. The lowest BCUT2D eigenvalue weighted by atomic mass is 10.1. The summed E-state index contributed by atoms with van der Waals surface area (Å²) in [6.45, 7) is 0. The average Bonchev–Trinajstić information content (AvgIpc) is 3.09. The quantitative estimate of drug-likeness (QED) is 0.782. The van der Waals surface area contributed by atoms with Crippen molar-refractivity contribution in [3.05, 3.63) is 48.3 Å². The van der Waals surface area contributed by atoms with Gasteiger partial charge in [0.15, 0.2) is 0 Å². The molecule has 7 heteroatoms. The molecule has 21 heavy (non-hydrogen) atoms. The van der Waals surface area contributed by atoms with Crippen LogP contribution in [0.5, 0.6) is 0 Å². The summed E-state index contributed by atoms with van der Waals surface area (Å²) in [6.07, 6.45) is 1.53. The minimum atomic E-state index is 0.512. The van der Waals surface area contributed by atoms with Crippen LogP contribution in [0, 0.1) is 11.3 Å². The van der Waals surface area contributed by atoms with Crippen LogP contribution in [0.25, 0.3) is 16.9 Å². The van der Waals surface area contributed by atoms with Crippen LogP contribution < -0.4 is 5.32 Å². The number of tetrazole rings is 1. The van der Waals surface area contributed by atoms with Crippen molar-refractivity contribution in [2.45, 2.75) is 0 Å². The summed E-state index contributed by atoms with van der Waals surface area (Å²) >= 11 is 0. The monoisotopic (exact) mass is 277 g/mol. The van der Waals surface area contributed by atoms with Crippen molar-refractivity contribution in [2.24, 2.45) is 0 Å². The number of pyridine rings is 1. The summed E-state index contributed by atoms with van der Waals surface area (Å²) in [5.74, 6) is 0.558. The Bertz CT molecular complexity index is 802. The first-order valence-corrected chi connectivity index (χ1v) is 6.24. The molecule has 0 aliphatic heterocycles. The van der Waals surface area contributed by atoms with Gasteiger partial charge in [-0.25, -0.2) is 9.67 Å². The van der Waals surface area contributed by atoms with Crippen molar-refractivity contribution in [1.29, 1.82) is 5.26 Å². The molecule has 102 valence electrons. The SMILES string of the molecule is CNc1nc(-c2cccc(-n3cnnn3)c2)ccc1C#N. The van der Waals surface area contributed by atoms with Crippen LogP contribution in [0.1, 0.15) is 5.56 Å². The van der Waals surface area contributed by atoms with Crippen molar-refractivity contribution >= 4 is 5.82 Å². The predicted octanol–water partition coefficient (Wildman–Crippen LogP) is 1.64. The Morgan fingerprint density at radius 1 is 1.24 bits per heavy atom. The number of aromatic nitrogens is 5. The summed E-state index contributed by atoms with van der Waals surface area (Å²) in [5, 5.41) is 23.1. The number of nitrogens with zero attached hydrogens (tertiary/aromatic N) is 6. The van der Waals surface area contributed by atoms with Gasteiger partial charge in [-0.2, -0.15) is 5.26 Å². The van der Waals surface area contributed by atoms with Crippen LogP contribution >= 0.6 is 0 Å². The van der Waals surface area contributed by atoms with E-state index in [1.165, 1.54) is 6.33 Å². The topological polar surface area (TPSA) is 92.3 Å². The Kier molecular flexibility index (Phi) is 3.27. The number of anilines is 1. The fourth-order valence-electron chi connectivity index (χ4n) is 1.99. The number of rotatable bonds is 3. The van der Waals surface area contributed by atoms with E-state index in [-0.39, 0.29) is 0 Å². The van der Waals surface area contributed by atoms with Crippen molar-refractivity contribution in [2.75, 3.05) is 12.4 Å². The van der Waals surface area contributed by atoms with Gasteiger partial charge in [0.2, 0.25) is 0 Å². The van der Waals surface area contributed by atoms with Gasteiger partial charge in [0, 0.05) is 12.6 Å². The maximum absolute atomic E-state index is 9.02. The van der Waals surface area contributed by atoms with Gasteiger partial charge in [0.25, 0.3) is 0 Å². The van der Waals surface area contributed by atoms with Crippen LogP contribution in [-0.4, -0.2) is 32.2 Å². The van der Waals surface area contributed by atoms with Crippen molar-refractivity contribution in [3.8, 4) is 23.0 Å². The highest BCUT2D eigenvalue weighted by atomic mass is 15.5. The molecule has 1 aromatic carbocycles. The standard InChI is InChI=1S/C14H11N7/c1-16-14-11(8-15)5-6-13(18-14)10-3-2-4-12(7-10)21-9-17-19-20-21/h2-7,9H,1H3,(H,16,18). The van der Waals surface area contributed by atoms with Gasteiger partial charge in [0.1, 0.15) is 18.2 Å². The molecule has 0 saturated heterocycles. The highest BCUT2D eigenvalue weighted by Crippen LogP contribution is 2.23. The second-order valence-electron chi connectivity index (χ2n) is 4.26. The van der Waals surface area contributed by atoms with E-state index in [0.29, 0.717) is 11.4 Å². The van der Waals surface area contributed by atoms with Gasteiger partial charge in [-0.1, -0.05) is 12.1 Å². The summed E-state index contributed by atoms with van der Waals surface area (Å²) in [4.78, 5) is 4.46. The molecule has 2 aromatic heterocycles. The lowest BCUT2D eigenvalue weighted by molar-refractivity contribution is 0.789. The molecule has 0 aliphatic carbocycles. The van der Waals surface area contributed by atoms with E-state index in [1.807, 2.05) is 30.3 Å². The Balaban J connectivity index is 2.05. The Labute approximate surface area is 120 Å². The second kappa shape index (κ2) is 5.38. The van der Waals surface area contributed by atoms with Crippen molar-refractivity contribution in [3.63, 3.8) is 0 Å². The third-order valence-electron chi connectivity index (χ3n) is 3.01. The average molecular weight is 277 g/mol. The maximum atomic E-state index is 9.02. The fraction of sp³-hybridized carbons (Fsp3) is 0.0714. The maximum Gasteiger partial charge on any atom is 0.144 e. The number of hydrogen-bond acceptors (Lipinski definition) is 6. The first-order chi connectivity index (χ1) is 10.3. The molecule has 2 heterocycles. The molecule has 0 amide bonds. The van der Waals surface area contributed by atoms with E-state index in [9.17, 15) is 0 Å². The van der Waals surface area contributed by atoms with Crippen molar-refractivity contribution < 1.29 is 0 Å². The zero-order valence-electron chi connectivity index (χ0n) is 11.2. The summed E-state index contributed by atoms with van der Waals surface area (Å²) < 4.78 is 1.58. The normalized spacial score (nSPS) is 10.1. The van der Waals surface area contributed by atoms with E-state index in [4.69, 9.17) is 5.26 Å². The Morgan fingerprint density at radius 3 is 2.86 bits per heavy atom. The number of benzene rings is 1. The second-order valence-corrected chi connectivity index (χ2v) is 4.26. The molecule has 3 aromatic rings. The molecule has 0 aliphatic rings. The van der Waals surface area contributed by atoms with E-state index in [1.54, 1.807) is 17.8 Å². The summed E-state index contributed by atoms with van der Waals surface area (Å²) in [6, 6.07) is 13.4. The molecule has 1 N–H and O–H groups in total. The van der Waals surface area contributed by atoms with Gasteiger partial charge in [-0.05, 0) is 34.7 Å². The first-order valence-electron chi connectivity index (χ1n) is 6.24. The lowest BCUT2D eigenvalue weighted by Crippen LogP contribution is -1.98. The van der Waals surface area contributed by atoms with E-state index in [2.05, 4.69) is 31.9 Å². The zero-order chi connectivity index (χ0) is 14.7. The van der Waals surface area contributed by atoms with Gasteiger partial charge in [0.05, 0.1) is 16.9 Å². The molecule has 0 spiro atoms. The molecule has 7 nitrogen and oxygen atoms in total. The van der Waals surface area contributed by atoms with Crippen LogP contribution in [0.4, 0.5) is 5.82 Å². The van der Waals surface area contributed by atoms with Crippen LogP contribution in [-0.2, 0) is 0 Å². The predicted molar refractivity (Wildman–Crippen MR) is 76.6 cm³/mol. The highest BCUT2D eigenvalue weighted by Gasteiger charge is 2.07. The first kappa shape index (κ1) is 12.7. The van der Waals surface area contributed by atoms with Gasteiger partial charge >= 0.3 is 0 Å². The Morgan fingerprint density at radius 2 is 2.14 bits per heavy atom. The van der Waals surface area contributed by atoms with E-state index < -0.39 is 0 Å². The largest absolute Gasteiger partial charge is 0.372 e. The molecule has 0 bridgehead atoms. The van der Waals surface area contributed by atoms with Gasteiger partial charge in [-0.3, -0.25) is 0 Å². The van der Waals surface area contributed by atoms with Crippen LogP contribution in [0.2, 0.25) is 0 Å². The minimum absolute atomic E-state index is 0.512.